The van der Waals surface area contributed by atoms with Crippen molar-refractivity contribution in [2.24, 2.45) is 0 Å². The van der Waals surface area contributed by atoms with E-state index in [9.17, 15) is 4.79 Å². The molecule has 1 aliphatic heterocycles. The van der Waals surface area contributed by atoms with Gasteiger partial charge in [-0.2, -0.15) is 9.50 Å². The van der Waals surface area contributed by atoms with E-state index in [4.69, 9.17) is 4.74 Å². The smallest absolute Gasteiger partial charge is 0.277 e. The Labute approximate surface area is 121 Å². The second kappa shape index (κ2) is 5.14. The Morgan fingerprint density at radius 3 is 2.71 bits per heavy atom. The fraction of sp³-hybridized carbons (Fsp3) is 0.643. The van der Waals surface area contributed by atoms with Gasteiger partial charge in [0, 0.05) is 18.7 Å². The van der Waals surface area contributed by atoms with Gasteiger partial charge >= 0.3 is 0 Å². The lowest BCUT2D eigenvalue weighted by molar-refractivity contribution is 0.122. The molecule has 0 amide bonds. The summed E-state index contributed by atoms with van der Waals surface area (Å²) >= 11 is 0. The first-order chi connectivity index (χ1) is 10.3. The summed E-state index contributed by atoms with van der Waals surface area (Å²) < 4.78 is 6.84. The van der Waals surface area contributed by atoms with Gasteiger partial charge in [-0.05, 0) is 25.7 Å². The Kier molecular flexibility index (Phi) is 3.14. The molecule has 0 atom stereocenters. The van der Waals surface area contributed by atoms with E-state index in [0.29, 0.717) is 24.9 Å². The number of ether oxygens (including phenoxy) is 1. The van der Waals surface area contributed by atoms with Crippen LogP contribution in [-0.2, 0) is 17.6 Å². The van der Waals surface area contributed by atoms with Crippen LogP contribution in [-0.4, -0.2) is 45.9 Å². The monoisotopic (exact) mass is 289 g/mol. The van der Waals surface area contributed by atoms with Crippen LogP contribution >= 0.6 is 0 Å². The highest BCUT2D eigenvalue weighted by atomic mass is 16.5. The van der Waals surface area contributed by atoms with Gasteiger partial charge in [0.1, 0.15) is 0 Å². The maximum Gasteiger partial charge on any atom is 0.277 e. The second-order valence-corrected chi connectivity index (χ2v) is 5.68. The SMILES string of the molecule is O=c1c2c(nc3nc(N4CCOCC4)[nH]n13)CCCCC2. The molecule has 1 aliphatic carbocycles. The average molecular weight is 289 g/mol. The van der Waals surface area contributed by atoms with Crippen LogP contribution in [0.1, 0.15) is 30.5 Å². The highest BCUT2D eigenvalue weighted by Crippen LogP contribution is 2.17. The summed E-state index contributed by atoms with van der Waals surface area (Å²) in [6.45, 7) is 2.95. The van der Waals surface area contributed by atoms with E-state index in [-0.39, 0.29) is 5.56 Å². The Hall–Kier alpha value is -1.89. The Bertz CT molecular complexity index is 714. The lowest BCUT2D eigenvalue weighted by Crippen LogP contribution is -2.37. The van der Waals surface area contributed by atoms with Crippen molar-refractivity contribution in [2.45, 2.75) is 32.1 Å². The first kappa shape index (κ1) is 12.8. The van der Waals surface area contributed by atoms with E-state index in [2.05, 4.69) is 20.0 Å². The highest BCUT2D eigenvalue weighted by Gasteiger charge is 2.20. The number of nitrogens with one attached hydrogen (secondary N) is 1. The zero-order chi connectivity index (χ0) is 14.2. The average Bonchev–Trinajstić information content (AvgIpc) is 2.80. The third-order valence-corrected chi connectivity index (χ3v) is 4.31. The summed E-state index contributed by atoms with van der Waals surface area (Å²) in [5.41, 5.74) is 1.82. The van der Waals surface area contributed by atoms with Crippen molar-refractivity contribution in [3.63, 3.8) is 0 Å². The van der Waals surface area contributed by atoms with Gasteiger partial charge in [0.25, 0.3) is 11.3 Å². The minimum atomic E-state index is 0.0175. The summed E-state index contributed by atoms with van der Waals surface area (Å²) in [6, 6.07) is 0. The standard InChI is InChI=1S/C14H19N5O2/c20-12-10-4-2-1-3-5-11(10)15-13-16-14(17-19(12)13)18-6-8-21-9-7-18/h1-9H2,(H,15,16,17). The van der Waals surface area contributed by atoms with Crippen LogP contribution < -0.4 is 10.5 Å². The summed E-state index contributed by atoms with van der Waals surface area (Å²) in [7, 11) is 0. The highest BCUT2D eigenvalue weighted by molar-refractivity contribution is 5.41. The van der Waals surface area contributed by atoms with Gasteiger partial charge in [0.2, 0.25) is 5.95 Å². The van der Waals surface area contributed by atoms with E-state index in [1.807, 2.05) is 0 Å². The molecule has 2 aromatic heterocycles. The number of morpholine rings is 1. The molecular formula is C14H19N5O2. The molecule has 0 bridgehead atoms. The Morgan fingerprint density at radius 1 is 1.05 bits per heavy atom. The van der Waals surface area contributed by atoms with Gasteiger partial charge in [0.15, 0.2) is 0 Å². The lowest BCUT2D eigenvalue weighted by atomic mass is 10.1. The molecule has 7 nitrogen and oxygen atoms in total. The number of aromatic amines is 1. The number of H-pyrrole nitrogens is 1. The minimum absolute atomic E-state index is 0.0175. The molecule has 2 aromatic rings. The number of aromatic nitrogens is 4. The van der Waals surface area contributed by atoms with E-state index < -0.39 is 0 Å². The van der Waals surface area contributed by atoms with Crippen LogP contribution in [0.2, 0.25) is 0 Å². The number of hydrogen-bond acceptors (Lipinski definition) is 5. The molecule has 1 fully saturated rings. The zero-order valence-electron chi connectivity index (χ0n) is 12.0. The van der Waals surface area contributed by atoms with E-state index in [0.717, 1.165) is 50.0 Å². The van der Waals surface area contributed by atoms with Crippen LogP contribution in [0.3, 0.4) is 0 Å². The van der Waals surface area contributed by atoms with Gasteiger partial charge in [-0.3, -0.25) is 9.89 Å². The topological polar surface area (TPSA) is 75.5 Å². The molecular weight excluding hydrogens is 270 g/mol. The van der Waals surface area contributed by atoms with Crippen molar-refractivity contribution in [1.82, 2.24) is 19.6 Å². The fourth-order valence-electron chi connectivity index (χ4n) is 3.13. The quantitative estimate of drug-likeness (QED) is 0.775. The van der Waals surface area contributed by atoms with E-state index in [1.54, 1.807) is 0 Å². The first-order valence-corrected chi connectivity index (χ1v) is 7.66. The van der Waals surface area contributed by atoms with Crippen molar-refractivity contribution in [1.29, 1.82) is 0 Å². The maximum atomic E-state index is 12.6. The predicted octanol–water partition coefficient (Wildman–Crippen LogP) is 0.523. The van der Waals surface area contributed by atoms with Crippen molar-refractivity contribution in [3.05, 3.63) is 21.6 Å². The maximum absolute atomic E-state index is 12.6. The Balaban J connectivity index is 1.80. The van der Waals surface area contributed by atoms with Crippen molar-refractivity contribution < 1.29 is 4.74 Å². The summed E-state index contributed by atoms with van der Waals surface area (Å²) in [6.07, 6.45) is 5.06. The molecule has 0 aromatic carbocycles. The zero-order valence-corrected chi connectivity index (χ0v) is 12.0. The third kappa shape index (κ3) is 2.21. The molecule has 21 heavy (non-hydrogen) atoms. The molecule has 0 saturated carbocycles. The number of fused-ring (bicyclic) bond motifs is 2. The molecule has 0 radical (unpaired) electrons. The largest absolute Gasteiger partial charge is 0.378 e. The summed E-state index contributed by atoms with van der Waals surface area (Å²) in [5, 5.41) is 3.11. The normalized spacial score (nSPS) is 19.5. The van der Waals surface area contributed by atoms with Crippen LogP contribution in [0.4, 0.5) is 5.95 Å². The first-order valence-electron chi connectivity index (χ1n) is 7.66. The van der Waals surface area contributed by atoms with E-state index in [1.165, 1.54) is 10.9 Å². The van der Waals surface area contributed by atoms with Gasteiger partial charge < -0.3 is 9.64 Å². The molecule has 2 aliphatic rings. The molecule has 0 spiro atoms. The van der Waals surface area contributed by atoms with Crippen LogP contribution in [0.5, 0.6) is 0 Å². The molecule has 4 rings (SSSR count). The number of nitrogens with zero attached hydrogens (tertiary/aromatic N) is 4. The van der Waals surface area contributed by atoms with Crippen molar-refractivity contribution >= 4 is 11.7 Å². The number of anilines is 1. The number of hydrogen-bond donors (Lipinski definition) is 1. The molecule has 0 unspecified atom stereocenters. The van der Waals surface area contributed by atoms with Gasteiger partial charge in [0.05, 0.1) is 18.9 Å². The summed E-state index contributed by atoms with van der Waals surface area (Å²) in [4.78, 5) is 23.8. The molecule has 3 heterocycles. The lowest BCUT2D eigenvalue weighted by Gasteiger charge is -2.25. The summed E-state index contributed by atoms with van der Waals surface area (Å²) in [5.74, 6) is 1.20. The third-order valence-electron chi connectivity index (χ3n) is 4.31. The van der Waals surface area contributed by atoms with Gasteiger partial charge in [-0.15, -0.1) is 0 Å². The molecule has 112 valence electrons. The Morgan fingerprint density at radius 2 is 1.86 bits per heavy atom. The van der Waals surface area contributed by atoms with Gasteiger partial charge in [-0.1, -0.05) is 6.42 Å². The molecule has 1 N–H and O–H groups in total. The fourth-order valence-corrected chi connectivity index (χ4v) is 3.13. The van der Waals surface area contributed by atoms with Crippen LogP contribution in [0.25, 0.3) is 5.78 Å². The number of rotatable bonds is 1. The number of aryl methyl sites for hydroxylation is 1. The van der Waals surface area contributed by atoms with Crippen molar-refractivity contribution in [2.75, 3.05) is 31.2 Å². The molecule has 1 saturated heterocycles. The predicted molar refractivity (Wildman–Crippen MR) is 77.9 cm³/mol. The van der Waals surface area contributed by atoms with E-state index >= 15 is 0 Å². The van der Waals surface area contributed by atoms with Gasteiger partial charge in [-0.25, -0.2) is 4.98 Å². The minimum Gasteiger partial charge on any atom is -0.378 e. The van der Waals surface area contributed by atoms with Crippen LogP contribution in [0.15, 0.2) is 4.79 Å². The molecule has 7 heteroatoms. The second-order valence-electron chi connectivity index (χ2n) is 5.68. The van der Waals surface area contributed by atoms with Crippen LogP contribution in [0, 0.1) is 0 Å². The van der Waals surface area contributed by atoms with Crippen molar-refractivity contribution in [3.8, 4) is 0 Å².